The summed E-state index contributed by atoms with van der Waals surface area (Å²) in [6.07, 6.45) is 26.3. The molecule has 0 aliphatic rings. The number of hydrogen-bond donors (Lipinski definition) is 0. The van der Waals surface area contributed by atoms with Crippen molar-refractivity contribution < 1.29 is 0 Å². The molecule has 0 aliphatic carbocycles. The summed E-state index contributed by atoms with van der Waals surface area (Å²) < 4.78 is 3.01. The first-order valence-corrected chi connectivity index (χ1v) is 24.1. The van der Waals surface area contributed by atoms with Crippen LogP contribution in [0, 0.1) is 11.8 Å². The Labute approximate surface area is 322 Å². The molecule has 0 radical (unpaired) electrons. The van der Waals surface area contributed by atoms with Gasteiger partial charge in [-0.1, -0.05) is 131 Å². The van der Waals surface area contributed by atoms with E-state index in [0.29, 0.717) is 0 Å². The lowest BCUT2D eigenvalue weighted by Gasteiger charge is -2.14. The van der Waals surface area contributed by atoms with Gasteiger partial charge < -0.3 is 0 Å². The number of thiophene rings is 4. The van der Waals surface area contributed by atoms with Gasteiger partial charge in [0.1, 0.15) is 0 Å². The molecule has 274 valence electrons. The predicted octanol–water partition coefficient (Wildman–Crippen LogP) is 17.3. The third-order valence-corrected chi connectivity index (χ3v) is 15.5. The molecule has 0 aliphatic heterocycles. The van der Waals surface area contributed by atoms with E-state index < -0.39 is 0 Å². The van der Waals surface area contributed by atoms with Crippen molar-refractivity contribution in [2.24, 2.45) is 11.8 Å². The molecule has 0 amide bonds. The van der Waals surface area contributed by atoms with Gasteiger partial charge in [-0.2, -0.15) is 0 Å². The Morgan fingerprint density at radius 1 is 0.500 bits per heavy atom. The van der Waals surface area contributed by atoms with Crippen LogP contribution in [0.3, 0.4) is 0 Å². The maximum atomic E-state index is 2.64. The lowest BCUT2D eigenvalue weighted by Crippen LogP contribution is -2.04. The molecule has 0 saturated heterocycles. The molecule has 4 heteroatoms. The molecule has 0 bridgehead atoms. The molecular formula is C46H66S4. The van der Waals surface area contributed by atoms with Gasteiger partial charge in [-0.3, -0.25) is 0 Å². The fraction of sp³-hybridized carbons (Fsp3) is 0.609. The summed E-state index contributed by atoms with van der Waals surface area (Å²) in [6, 6.07) is 10.2. The van der Waals surface area contributed by atoms with Crippen molar-refractivity contribution in [3.05, 3.63) is 55.9 Å². The van der Waals surface area contributed by atoms with E-state index in [0.717, 1.165) is 11.8 Å². The summed E-state index contributed by atoms with van der Waals surface area (Å²) in [6.45, 7) is 14.2. The van der Waals surface area contributed by atoms with Crippen LogP contribution in [0.1, 0.15) is 165 Å². The molecule has 5 aromatic rings. The van der Waals surface area contributed by atoms with Crippen LogP contribution in [0.25, 0.3) is 41.1 Å². The van der Waals surface area contributed by atoms with Gasteiger partial charge in [0, 0.05) is 50.8 Å². The van der Waals surface area contributed by atoms with Crippen LogP contribution in [-0.4, -0.2) is 0 Å². The maximum absolute atomic E-state index is 2.64. The highest BCUT2D eigenvalue weighted by Gasteiger charge is 2.24. The van der Waals surface area contributed by atoms with Gasteiger partial charge in [0.2, 0.25) is 0 Å². The number of unbranched alkanes of at least 4 members (excludes halogenated alkanes) is 8. The Balaban J connectivity index is 1.58. The summed E-state index contributed by atoms with van der Waals surface area (Å²) in [4.78, 5) is 6.40. The van der Waals surface area contributed by atoms with Crippen LogP contribution >= 0.6 is 45.3 Å². The molecule has 50 heavy (non-hydrogen) atoms. The number of rotatable bonds is 24. The zero-order valence-electron chi connectivity index (χ0n) is 32.4. The predicted molar refractivity (Wildman–Crippen MR) is 234 cm³/mol. The Hall–Kier alpha value is -1.46. The van der Waals surface area contributed by atoms with Crippen molar-refractivity contribution in [2.45, 2.75) is 170 Å². The van der Waals surface area contributed by atoms with E-state index in [9.17, 15) is 0 Å². The Morgan fingerprint density at radius 3 is 1.30 bits per heavy atom. The van der Waals surface area contributed by atoms with Crippen molar-refractivity contribution >= 4 is 65.5 Å². The molecule has 1 aromatic carbocycles. The standard InChI is InChI=1S/C46H66S4/c1-7-13-17-19-23-35-31-41(49-39(35)29-33(11-5)21-15-9-3)43-37-25-27-48-46(37)44(38-26-28-47-45(38)43)42-32-36(24-20-18-14-8-2)40(50-42)30-34(12-6)22-16-10-4/h25-28,31-34H,7-24,29-30H2,1-6H3. The van der Waals surface area contributed by atoms with E-state index in [4.69, 9.17) is 0 Å². The highest BCUT2D eigenvalue weighted by molar-refractivity contribution is 7.22. The minimum atomic E-state index is 0.805. The van der Waals surface area contributed by atoms with Crippen LogP contribution in [0.15, 0.2) is 35.0 Å². The first kappa shape index (κ1) is 39.7. The average Bonchev–Trinajstić information content (AvgIpc) is 3.95. The van der Waals surface area contributed by atoms with Crippen LogP contribution in [0.5, 0.6) is 0 Å². The molecular weight excluding hydrogens is 681 g/mol. The van der Waals surface area contributed by atoms with E-state index in [1.165, 1.54) is 169 Å². The molecule has 0 spiro atoms. The normalized spacial score (nSPS) is 13.2. The topological polar surface area (TPSA) is 0 Å². The Bertz CT molecular complexity index is 1530. The van der Waals surface area contributed by atoms with Crippen LogP contribution in [-0.2, 0) is 25.7 Å². The number of hydrogen-bond acceptors (Lipinski definition) is 4. The van der Waals surface area contributed by atoms with E-state index >= 15 is 0 Å². The zero-order valence-corrected chi connectivity index (χ0v) is 35.7. The van der Waals surface area contributed by atoms with Gasteiger partial charge >= 0.3 is 0 Å². The van der Waals surface area contributed by atoms with E-state index in [1.54, 1.807) is 20.9 Å². The van der Waals surface area contributed by atoms with Gasteiger partial charge in [0.05, 0.1) is 0 Å². The van der Waals surface area contributed by atoms with Crippen molar-refractivity contribution in [1.29, 1.82) is 0 Å². The summed E-state index contributed by atoms with van der Waals surface area (Å²) in [7, 11) is 0. The van der Waals surface area contributed by atoms with Crippen LogP contribution < -0.4 is 0 Å². The van der Waals surface area contributed by atoms with E-state index in [2.05, 4.69) is 99.2 Å². The number of benzene rings is 1. The van der Waals surface area contributed by atoms with Crippen molar-refractivity contribution in [3.8, 4) is 20.9 Å². The van der Waals surface area contributed by atoms with Gasteiger partial charge in [-0.25, -0.2) is 0 Å². The van der Waals surface area contributed by atoms with Crippen molar-refractivity contribution in [1.82, 2.24) is 0 Å². The highest BCUT2D eigenvalue weighted by atomic mass is 32.1. The van der Waals surface area contributed by atoms with Crippen LogP contribution in [0.4, 0.5) is 0 Å². The second-order valence-electron chi connectivity index (χ2n) is 15.1. The molecule has 4 heterocycles. The molecule has 0 saturated carbocycles. The zero-order chi connectivity index (χ0) is 35.3. The Kier molecular flexibility index (Phi) is 16.4. The first-order valence-electron chi connectivity index (χ1n) is 20.7. The summed E-state index contributed by atoms with van der Waals surface area (Å²) >= 11 is 8.23. The summed E-state index contributed by atoms with van der Waals surface area (Å²) in [5.41, 5.74) is 6.34. The fourth-order valence-electron chi connectivity index (χ4n) is 7.98. The smallest absolute Gasteiger partial charge is 0.0442 e. The lowest BCUT2D eigenvalue weighted by atomic mass is 9.92. The molecule has 4 aromatic heterocycles. The van der Waals surface area contributed by atoms with Gasteiger partial charge in [-0.05, 0) is 96.5 Å². The first-order chi connectivity index (χ1) is 24.6. The minimum Gasteiger partial charge on any atom is -0.143 e. The third kappa shape index (κ3) is 9.94. The maximum Gasteiger partial charge on any atom is 0.0442 e. The minimum absolute atomic E-state index is 0.805. The van der Waals surface area contributed by atoms with Gasteiger partial charge in [0.15, 0.2) is 0 Å². The third-order valence-electron chi connectivity index (χ3n) is 11.2. The van der Waals surface area contributed by atoms with Crippen LogP contribution in [0.2, 0.25) is 0 Å². The quantitative estimate of drug-likeness (QED) is 0.0552. The molecule has 0 nitrogen and oxygen atoms in total. The highest BCUT2D eigenvalue weighted by Crippen LogP contribution is 2.51. The van der Waals surface area contributed by atoms with Gasteiger partial charge in [0.25, 0.3) is 0 Å². The number of aryl methyl sites for hydroxylation is 2. The lowest BCUT2D eigenvalue weighted by molar-refractivity contribution is 0.450. The molecule has 5 rings (SSSR count). The molecule has 2 unspecified atom stereocenters. The molecule has 0 fully saturated rings. The monoisotopic (exact) mass is 746 g/mol. The Morgan fingerprint density at radius 2 is 0.920 bits per heavy atom. The number of fused-ring (bicyclic) bond motifs is 2. The average molecular weight is 747 g/mol. The van der Waals surface area contributed by atoms with Gasteiger partial charge in [-0.15, -0.1) is 45.3 Å². The van der Waals surface area contributed by atoms with Crippen molar-refractivity contribution in [2.75, 3.05) is 0 Å². The fourth-order valence-corrected chi connectivity index (χ4v) is 12.8. The van der Waals surface area contributed by atoms with E-state index in [-0.39, 0.29) is 0 Å². The van der Waals surface area contributed by atoms with E-state index in [1.807, 2.05) is 22.7 Å². The second kappa shape index (κ2) is 20.7. The molecule has 0 N–H and O–H groups in total. The van der Waals surface area contributed by atoms with Crippen molar-refractivity contribution in [3.63, 3.8) is 0 Å². The second-order valence-corrected chi connectivity index (χ2v) is 19.2. The largest absolute Gasteiger partial charge is 0.143 e. The SMILES string of the molecule is CCCCCCc1cc(-c2c3ccsc3c(-c3cc(CCCCCC)c(CC(CC)CCCC)s3)c3ccsc23)sc1CC(CC)CCCC. The summed E-state index contributed by atoms with van der Waals surface area (Å²) in [5.74, 6) is 1.61. The molecule has 2 atom stereocenters. The summed E-state index contributed by atoms with van der Waals surface area (Å²) in [5, 5.41) is 7.71.